The van der Waals surface area contributed by atoms with E-state index in [1.54, 1.807) is 73.6 Å². The van der Waals surface area contributed by atoms with Gasteiger partial charge in [-0.2, -0.15) is 0 Å². The molecular formula is C98H128Cl6N12O24. The molecule has 0 aliphatic carbocycles. The second-order valence-electron chi connectivity index (χ2n) is 38.7. The van der Waals surface area contributed by atoms with E-state index < -0.39 is 185 Å². The number of aryl methyl sites for hydroxylation is 2. The number of nitro groups is 1. The summed E-state index contributed by atoms with van der Waals surface area (Å²) in [5, 5.41) is 45.8. The van der Waals surface area contributed by atoms with Crippen molar-refractivity contribution in [3.05, 3.63) is 164 Å². The number of nitrogens with two attached hydrogens (primary N) is 1. The van der Waals surface area contributed by atoms with Crippen molar-refractivity contribution in [1.82, 2.24) is 52.1 Å². The molecule has 140 heavy (non-hydrogen) atoms. The molecule has 4 aliphatic heterocycles. The summed E-state index contributed by atoms with van der Waals surface area (Å²) in [6.07, 6.45) is 7.16. The van der Waals surface area contributed by atoms with Gasteiger partial charge in [0.1, 0.15) is 60.3 Å². The van der Waals surface area contributed by atoms with E-state index >= 15 is 0 Å². The number of hydrazine groups is 2. The van der Waals surface area contributed by atoms with Crippen molar-refractivity contribution in [2.24, 2.45) is 22.7 Å². The molecule has 4 aromatic carbocycles. The zero-order chi connectivity index (χ0) is 105. The Bertz CT molecular complexity index is 5520. The number of ether oxygens (including phenoxy) is 8. The number of nitro benzene ring substituents is 1. The third-order valence-corrected chi connectivity index (χ3v) is 23.1. The van der Waals surface area contributed by atoms with Crippen LogP contribution in [0.5, 0.6) is 0 Å². The number of halogens is 6. The topological polar surface area (TPSA) is 493 Å². The van der Waals surface area contributed by atoms with Crippen LogP contribution in [0.2, 0.25) is 0 Å². The van der Waals surface area contributed by atoms with Gasteiger partial charge in [-0.15, -0.1) is 0 Å². The van der Waals surface area contributed by atoms with Gasteiger partial charge in [-0.05, 0) is 227 Å². The minimum absolute atomic E-state index is 0.0667. The largest absolute Gasteiger partial charge is 0.481 e. The lowest BCUT2D eigenvalue weighted by molar-refractivity contribution is -0.385. The second kappa shape index (κ2) is 49.9. The van der Waals surface area contributed by atoms with E-state index in [4.69, 9.17) is 123 Å². The van der Waals surface area contributed by atoms with Crippen molar-refractivity contribution >= 4 is 187 Å². The highest BCUT2D eigenvalue weighted by atomic mass is 35.6. The van der Waals surface area contributed by atoms with Crippen LogP contribution in [0.15, 0.2) is 109 Å². The number of carbonyl (C=O) groups excluding carboxylic acids is 11. The van der Waals surface area contributed by atoms with Crippen LogP contribution in [-0.2, 0) is 76.3 Å². The first-order chi connectivity index (χ1) is 64.9. The summed E-state index contributed by atoms with van der Waals surface area (Å²) in [7, 11) is 0. The molecule has 766 valence electrons. The number of aliphatic hydroxyl groups excluding tert-OH is 1. The maximum atomic E-state index is 14.3. The number of hydrogen-bond donors (Lipinski definition) is 9. The van der Waals surface area contributed by atoms with Crippen LogP contribution in [0.4, 0.5) is 21.0 Å². The summed E-state index contributed by atoms with van der Waals surface area (Å²) in [4.78, 5) is 171. The lowest BCUT2D eigenvalue weighted by Crippen LogP contribution is -2.60. The molecule has 0 bridgehead atoms. The fourth-order valence-electron chi connectivity index (χ4n) is 15.4. The molecule has 4 aliphatic rings. The van der Waals surface area contributed by atoms with Gasteiger partial charge in [0.05, 0.1) is 67.0 Å². The number of rotatable bonds is 26. The maximum absolute atomic E-state index is 14.3. The average molecular weight is 2070 g/mol. The van der Waals surface area contributed by atoms with Crippen molar-refractivity contribution in [2.45, 2.75) is 268 Å². The molecule has 0 spiro atoms. The first kappa shape index (κ1) is 116. The number of esters is 5. The standard InChI is InChI=1S/C41H56Cl3N5O9.C26H34N2O5.C16H14N2O5.C15H24Cl3N3O5/c1-24(2)32(33(50)45-26(4)34(51)49-19-10-11-30(48-49)35(52)55-23-41(42,43)44)57-36(53)40(18-20-56-39(8,9)22-40)17-16-27-12-13-28-14-15-29(47-31(28)21-27)25(3)46-37(54)58-38(5,6)7;1-17(27-23(31)33-24(2,3)4)20-10-9-19-8-7-18(15-21(19)28-20)11-12-26(22(29)30)13-14-32-25(5,6)16-26;1-9-5-3-7-11(17)13(9)15(19)23-16(20)14-10(2)6-4-8-12(14)18(21)22;1-8(2)11(22)12(23)19-9(3)13(24)21-6-4-5-10(20-21)14(25)26-7-15(16,17)18/h12-17,21,24-26,30,32,48H,10-11,18-20,22-23H2,1-9H3,(H,45,50)(H,46,54);7-12,15,17H,13-14,16H2,1-6H3,(H,27,31)(H,29,30);3-8H,17H2,1-2H3;8-11,20,22H,4-7H2,1-3H3,(H,19,23)/b17-16+;12-11+;;/t25-,26+,30+,32+,40?;17-,26?;;9-,10-,11-/m11.0/s1. The number of alkyl carbamates (subject to hydrolysis) is 2. The lowest BCUT2D eigenvalue weighted by atomic mass is 9.73. The zero-order valence-corrected chi connectivity index (χ0v) is 86.7. The quantitative estimate of drug-likeness (QED) is 0.00463. The van der Waals surface area contributed by atoms with Gasteiger partial charge in [-0.3, -0.25) is 68.5 Å². The number of carboxylic acids is 1. The van der Waals surface area contributed by atoms with Crippen LogP contribution in [-0.4, -0.2) is 213 Å². The summed E-state index contributed by atoms with van der Waals surface area (Å²) in [5.41, 5.74) is 11.8. The fraction of sp³-hybridized carbons (Fsp3) is 0.531. The SMILES string of the molecule is CC(C)[C@H](O)C(=O)N[C@@H](C)C(=O)N1CCC[C@@H](C(=O)OCC(Cl)(Cl)Cl)N1.CC(C)[C@H](OC(=O)C1(/C=C/c2ccc3ccc([C@@H](C)NC(=O)OC(C)(C)C)nc3c2)CCOC(C)(C)C1)C(=O)N[C@@H](C)C(=O)N1CCC[C@@H](C(=O)OCC(Cl)(Cl)Cl)N1.C[C@@H](NC(=O)OC(C)(C)C)c1ccc2ccc(/C=C/C3(C(=O)O)CCOC(C)(C)C3)cc2n1.Cc1cccc(N)c1C(=O)OC(=O)c1c(C)cccc1[N+](=O)[O-]. The number of aliphatic carboxylic acids is 1. The van der Waals surface area contributed by atoms with E-state index in [1.165, 1.54) is 55.1 Å². The first-order valence-electron chi connectivity index (χ1n) is 45.6. The molecule has 6 aromatic rings. The molecular weight excluding hydrogens is 1940 g/mol. The molecule has 36 nitrogen and oxygen atoms in total. The van der Waals surface area contributed by atoms with Crippen LogP contribution >= 0.6 is 69.6 Å². The Hall–Kier alpha value is -10.6. The van der Waals surface area contributed by atoms with Gasteiger partial charge in [-0.1, -0.05) is 182 Å². The number of nitrogens with one attached hydrogen (secondary N) is 6. The number of carboxylic acid groups (broad SMARTS) is 1. The minimum atomic E-state index is -1.78. The van der Waals surface area contributed by atoms with E-state index in [0.29, 0.717) is 86.1 Å². The number of pyridine rings is 2. The molecule has 2 aromatic heterocycles. The number of hydrogen-bond acceptors (Lipinski definition) is 28. The monoisotopic (exact) mass is 2070 g/mol. The van der Waals surface area contributed by atoms with Gasteiger partial charge in [0.25, 0.3) is 23.4 Å². The van der Waals surface area contributed by atoms with E-state index in [9.17, 15) is 77.9 Å². The number of nitrogen functional groups attached to an aromatic ring is 1. The van der Waals surface area contributed by atoms with Crippen molar-refractivity contribution < 1.29 is 111 Å². The molecule has 4 saturated heterocycles. The Kier molecular flexibility index (Phi) is 41.4. The molecule has 10 rings (SSSR count). The third-order valence-electron chi connectivity index (χ3n) is 22.4. The molecule has 6 heterocycles. The average Bonchev–Trinajstić information content (AvgIpc) is 0.780. The molecule has 10 atom stereocenters. The van der Waals surface area contributed by atoms with Gasteiger partial charge in [0, 0.05) is 48.8 Å². The van der Waals surface area contributed by atoms with Crippen LogP contribution in [0.1, 0.15) is 242 Å². The maximum Gasteiger partial charge on any atom is 0.408 e. The predicted molar refractivity (Wildman–Crippen MR) is 530 cm³/mol. The Balaban J connectivity index is 0.000000275. The van der Waals surface area contributed by atoms with Crippen molar-refractivity contribution in [2.75, 3.05) is 45.3 Å². The number of amides is 6. The normalized spacial score (nSPS) is 19.5. The highest BCUT2D eigenvalue weighted by molar-refractivity contribution is 6.68. The summed E-state index contributed by atoms with van der Waals surface area (Å²) < 4.78 is 39.8. The second-order valence-corrected chi connectivity index (χ2v) is 43.7. The molecule has 10 N–H and O–H groups in total. The molecule has 2 unspecified atom stereocenters. The fourth-order valence-corrected chi connectivity index (χ4v) is 15.7. The Morgan fingerprint density at radius 2 is 0.986 bits per heavy atom. The van der Waals surface area contributed by atoms with Crippen LogP contribution in [0.25, 0.3) is 34.0 Å². The highest BCUT2D eigenvalue weighted by Gasteiger charge is 2.49. The third kappa shape index (κ3) is 35.5. The van der Waals surface area contributed by atoms with E-state index in [-0.39, 0.29) is 48.3 Å². The van der Waals surface area contributed by atoms with Gasteiger partial charge in [0.2, 0.25) is 13.5 Å². The minimum Gasteiger partial charge on any atom is -0.481 e. The van der Waals surface area contributed by atoms with E-state index in [2.05, 4.69) is 32.1 Å². The summed E-state index contributed by atoms with van der Waals surface area (Å²) >= 11 is 33.7. The first-order valence-corrected chi connectivity index (χ1v) is 47.8. The Morgan fingerprint density at radius 1 is 0.579 bits per heavy atom. The van der Waals surface area contributed by atoms with Crippen LogP contribution in [0.3, 0.4) is 0 Å². The van der Waals surface area contributed by atoms with Crippen LogP contribution < -0.4 is 37.9 Å². The number of nitrogens with zero attached hydrogens (tertiary/aromatic N) is 5. The highest BCUT2D eigenvalue weighted by Crippen LogP contribution is 2.44. The molecule has 0 saturated carbocycles. The number of aliphatic hydroxyl groups is 1. The van der Waals surface area contributed by atoms with Crippen molar-refractivity contribution in [3.63, 3.8) is 0 Å². The number of fused-ring (bicyclic) bond motifs is 2. The number of anilines is 1. The Labute approximate surface area is 844 Å². The van der Waals surface area contributed by atoms with Crippen LogP contribution in [0, 0.1) is 46.6 Å². The lowest BCUT2D eigenvalue weighted by Gasteiger charge is -2.42. The molecule has 6 amide bonds. The van der Waals surface area contributed by atoms with Gasteiger partial charge in [0.15, 0.2) is 6.10 Å². The molecule has 4 fully saturated rings. The summed E-state index contributed by atoms with van der Waals surface area (Å²) in [6.45, 7) is 35.7. The molecule has 42 heteroatoms. The van der Waals surface area contributed by atoms with E-state index in [1.807, 2.05) is 141 Å². The van der Waals surface area contributed by atoms with E-state index in [0.717, 1.165) is 27.4 Å². The van der Waals surface area contributed by atoms with Gasteiger partial charge >= 0.3 is 48.0 Å². The van der Waals surface area contributed by atoms with Crippen molar-refractivity contribution in [1.29, 1.82) is 0 Å². The number of alkyl halides is 6. The summed E-state index contributed by atoms with van der Waals surface area (Å²) in [5.74, 6) is -7.70. The molecule has 0 radical (unpaired) electrons. The predicted octanol–water partition coefficient (Wildman–Crippen LogP) is 16.1. The van der Waals surface area contributed by atoms with Crippen molar-refractivity contribution in [3.8, 4) is 0 Å². The summed E-state index contributed by atoms with van der Waals surface area (Å²) in [6, 6.07) is 23.9. The zero-order valence-electron chi connectivity index (χ0n) is 82.2. The smallest absolute Gasteiger partial charge is 0.408 e. The van der Waals surface area contributed by atoms with Gasteiger partial charge in [-0.25, -0.2) is 30.0 Å². The van der Waals surface area contributed by atoms with Gasteiger partial charge < -0.3 is 75.1 Å². The number of carbonyl (C=O) groups is 12. The Morgan fingerprint density at radius 3 is 1.39 bits per heavy atom. The number of aromatic nitrogens is 2. The number of benzene rings is 4.